The van der Waals surface area contributed by atoms with Gasteiger partial charge in [0.2, 0.25) is 11.8 Å². The van der Waals surface area contributed by atoms with E-state index in [1.165, 1.54) is 42.3 Å². The molecule has 220 valence electrons. The molecule has 0 saturated heterocycles. The summed E-state index contributed by atoms with van der Waals surface area (Å²) >= 11 is 18.8. The predicted octanol–water partition coefficient (Wildman–Crippen LogP) is 6.18. The molecule has 1 N–H and O–H groups in total. The number of unbranched alkanes of at least 4 members (excludes halogenated alkanes) is 1. The lowest BCUT2D eigenvalue weighted by atomic mass is 10.1. The fourth-order valence-corrected chi connectivity index (χ4v) is 6.16. The summed E-state index contributed by atoms with van der Waals surface area (Å²) in [6.07, 6.45) is 1.66. The minimum atomic E-state index is -4.23. The van der Waals surface area contributed by atoms with Gasteiger partial charge in [-0.05, 0) is 61.4 Å². The van der Waals surface area contributed by atoms with Crippen molar-refractivity contribution in [3.63, 3.8) is 0 Å². The van der Waals surface area contributed by atoms with Gasteiger partial charge in [-0.1, -0.05) is 72.4 Å². The molecule has 0 heterocycles. The van der Waals surface area contributed by atoms with Crippen molar-refractivity contribution in [3.05, 3.63) is 87.4 Å². The largest absolute Gasteiger partial charge is 0.495 e. The molecule has 2 amide bonds. The van der Waals surface area contributed by atoms with Crippen molar-refractivity contribution in [1.29, 1.82) is 0 Å². The molecular weight excluding hydrogens is 609 g/mol. The Morgan fingerprint density at radius 3 is 2.29 bits per heavy atom. The maximum Gasteiger partial charge on any atom is 0.264 e. The molecule has 0 aliphatic rings. The zero-order chi connectivity index (χ0) is 30.2. The highest BCUT2D eigenvalue weighted by molar-refractivity contribution is 7.92. The number of ether oxygens (including phenoxy) is 1. The van der Waals surface area contributed by atoms with Gasteiger partial charge in [-0.2, -0.15) is 0 Å². The van der Waals surface area contributed by atoms with Gasteiger partial charge >= 0.3 is 0 Å². The summed E-state index contributed by atoms with van der Waals surface area (Å²) in [5.41, 5.74) is 0.695. The highest BCUT2D eigenvalue weighted by atomic mass is 35.5. The molecular formula is C29H32Cl3N3O5S. The summed E-state index contributed by atoms with van der Waals surface area (Å²) in [6, 6.07) is 16.1. The minimum Gasteiger partial charge on any atom is -0.495 e. The van der Waals surface area contributed by atoms with E-state index in [2.05, 4.69) is 5.32 Å². The smallest absolute Gasteiger partial charge is 0.264 e. The normalized spacial score (nSPS) is 12.0. The number of carbonyl (C=O) groups excluding carboxylic acids is 2. The summed E-state index contributed by atoms with van der Waals surface area (Å²) in [5, 5.41) is 3.73. The van der Waals surface area contributed by atoms with E-state index in [9.17, 15) is 18.0 Å². The number of anilines is 1. The van der Waals surface area contributed by atoms with Crippen molar-refractivity contribution in [2.24, 2.45) is 0 Å². The van der Waals surface area contributed by atoms with Crippen molar-refractivity contribution in [1.82, 2.24) is 10.2 Å². The van der Waals surface area contributed by atoms with E-state index in [1.807, 2.05) is 6.92 Å². The third-order valence-electron chi connectivity index (χ3n) is 6.39. The number of hydrogen-bond acceptors (Lipinski definition) is 5. The first-order valence-electron chi connectivity index (χ1n) is 12.9. The molecule has 0 bridgehead atoms. The van der Waals surface area contributed by atoms with E-state index in [1.54, 1.807) is 43.3 Å². The van der Waals surface area contributed by atoms with Crippen LogP contribution in [-0.2, 0) is 26.2 Å². The fraction of sp³-hybridized carbons (Fsp3) is 0.310. The van der Waals surface area contributed by atoms with Crippen molar-refractivity contribution >= 4 is 62.3 Å². The molecule has 1 atom stereocenters. The summed E-state index contributed by atoms with van der Waals surface area (Å²) in [4.78, 5) is 28.3. The van der Waals surface area contributed by atoms with Crippen LogP contribution < -0.4 is 14.4 Å². The topological polar surface area (TPSA) is 96.0 Å². The summed E-state index contributed by atoms with van der Waals surface area (Å²) in [5.74, 6) is -0.655. The maximum absolute atomic E-state index is 14.0. The number of sulfonamides is 1. The number of benzene rings is 3. The molecule has 0 saturated carbocycles. The lowest BCUT2D eigenvalue weighted by Crippen LogP contribution is -2.51. The molecule has 0 aliphatic carbocycles. The first-order chi connectivity index (χ1) is 19.5. The van der Waals surface area contributed by atoms with E-state index in [4.69, 9.17) is 39.5 Å². The Kier molecular flexibility index (Phi) is 11.7. The van der Waals surface area contributed by atoms with Crippen molar-refractivity contribution in [2.75, 3.05) is 24.5 Å². The van der Waals surface area contributed by atoms with Gasteiger partial charge in [-0.3, -0.25) is 13.9 Å². The first-order valence-corrected chi connectivity index (χ1v) is 15.5. The van der Waals surface area contributed by atoms with Crippen LogP contribution in [0.1, 0.15) is 32.3 Å². The summed E-state index contributed by atoms with van der Waals surface area (Å²) in [6.45, 7) is 3.37. The second-order valence-corrected chi connectivity index (χ2v) is 12.3. The SMILES string of the molecule is CCCCNC(=O)[C@@H](C)N(Cc1ccc(Cl)cc1Cl)C(=O)CN(c1ccc(OC)c(Cl)c1)S(=O)(=O)c1ccccc1. The number of hydrogen-bond donors (Lipinski definition) is 1. The second kappa shape index (κ2) is 14.8. The van der Waals surface area contributed by atoms with Crippen molar-refractivity contribution in [3.8, 4) is 5.75 Å². The highest BCUT2D eigenvalue weighted by Crippen LogP contribution is 2.32. The number of rotatable bonds is 13. The molecule has 3 aromatic rings. The van der Waals surface area contributed by atoms with Gasteiger partial charge in [-0.25, -0.2) is 8.42 Å². The molecule has 0 unspecified atom stereocenters. The molecule has 8 nitrogen and oxygen atoms in total. The molecule has 0 aliphatic heterocycles. The van der Waals surface area contributed by atoms with E-state index >= 15 is 0 Å². The predicted molar refractivity (Wildman–Crippen MR) is 163 cm³/mol. The number of nitrogens with zero attached hydrogens (tertiary/aromatic N) is 2. The minimum absolute atomic E-state index is 0.0163. The summed E-state index contributed by atoms with van der Waals surface area (Å²) in [7, 11) is -2.79. The Morgan fingerprint density at radius 1 is 0.976 bits per heavy atom. The Balaban J connectivity index is 2.05. The number of carbonyl (C=O) groups is 2. The van der Waals surface area contributed by atoms with Crippen LogP contribution in [0.2, 0.25) is 15.1 Å². The quantitative estimate of drug-likeness (QED) is 0.225. The Hall–Kier alpha value is -2.98. The highest BCUT2D eigenvalue weighted by Gasteiger charge is 2.33. The van der Waals surface area contributed by atoms with E-state index in [0.717, 1.165) is 17.1 Å². The lowest BCUT2D eigenvalue weighted by molar-refractivity contribution is -0.139. The summed E-state index contributed by atoms with van der Waals surface area (Å²) < 4.78 is 33.9. The van der Waals surface area contributed by atoms with Gasteiger partial charge in [0.05, 0.1) is 22.7 Å². The van der Waals surface area contributed by atoms with Crippen LogP contribution in [0.25, 0.3) is 0 Å². The van der Waals surface area contributed by atoms with Crippen molar-refractivity contribution in [2.45, 2.75) is 44.2 Å². The van der Waals surface area contributed by atoms with E-state index in [0.29, 0.717) is 27.9 Å². The fourth-order valence-electron chi connectivity index (χ4n) is 4.01. The number of halogens is 3. The zero-order valence-electron chi connectivity index (χ0n) is 22.9. The molecule has 0 spiro atoms. The monoisotopic (exact) mass is 639 g/mol. The zero-order valence-corrected chi connectivity index (χ0v) is 26.0. The van der Waals surface area contributed by atoms with Crippen LogP contribution in [0, 0.1) is 0 Å². The molecule has 0 aromatic heterocycles. The first kappa shape index (κ1) is 32.5. The molecule has 41 heavy (non-hydrogen) atoms. The van der Waals surface area contributed by atoms with Crippen LogP contribution >= 0.6 is 34.8 Å². The number of methoxy groups -OCH3 is 1. The Morgan fingerprint density at radius 2 is 1.68 bits per heavy atom. The molecule has 12 heteroatoms. The van der Waals surface area contributed by atoms with Gasteiger partial charge in [0.25, 0.3) is 10.0 Å². The molecule has 0 fully saturated rings. The molecule has 0 radical (unpaired) electrons. The second-order valence-electron chi connectivity index (χ2n) is 9.22. The third-order valence-corrected chi connectivity index (χ3v) is 9.06. The van der Waals surface area contributed by atoms with E-state index < -0.39 is 28.5 Å². The van der Waals surface area contributed by atoms with Crippen LogP contribution in [-0.4, -0.2) is 51.4 Å². The van der Waals surface area contributed by atoms with Gasteiger partial charge in [0, 0.05) is 23.1 Å². The van der Waals surface area contributed by atoms with Crippen molar-refractivity contribution < 1.29 is 22.7 Å². The van der Waals surface area contributed by atoms with Crippen LogP contribution in [0.5, 0.6) is 5.75 Å². The number of amides is 2. The number of nitrogens with one attached hydrogen (secondary N) is 1. The molecule has 3 rings (SSSR count). The van der Waals surface area contributed by atoms with Gasteiger partial charge in [-0.15, -0.1) is 0 Å². The molecule has 3 aromatic carbocycles. The maximum atomic E-state index is 14.0. The van der Waals surface area contributed by atoms with Gasteiger partial charge < -0.3 is 15.0 Å². The Bertz CT molecular complexity index is 1470. The average molecular weight is 641 g/mol. The lowest BCUT2D eigenvalue weighted by Gasteiger charge is -2.32. The van der Waals surface area contributed by atoms with Crippen LogP contribution in [0.4, 0.5) is 5.69 Å². The van der Waals surface area contributed by atoms with Crippen LogP contribution in [0.3, 0.4) is 0 Å². The standard InChI is InChI=1S/C29H32Cl3N3O5S/c1-4-5-15-33-29(37)20(2)34(18-21-11-12-22(30)16-25(21)31)28(36)19-35(23-13-14-27(40-3)26(32)17-23)41(38,39)24-9-7-6-8-10-24/h6-14,16-17,20H,4-5,15,18-19H2,1-3H3,(H,33,37)/t20-/m1/s1. The van der Waals surface area contributed by atoms with Gasteiger partial charge in [0.15, 0.2) is 0 Å². The van der Waals surface area contributed by atoms with E-state index in [-0.39, 0.29) is 28.1 Å². The Labute approximate surface area is 256 Å². The van der Waals surface area contributed by atoms with Gasteiger partial charge in [0.1, 0.15) is 18.3 Å². The van der Waals surface area contributed by atoms with Crippen LogP contribution in [0.15, 0.2) is 71.6 Å². The third kappa shape index (κ3) is 8.29. The average Bonchev–Trinajstić information content (AvgIpc) is 2.95.